The van der Waals surface area contributed by atoms with E-state index in [1.54, 1.807) is 5.38 Å². The van der Waals surface area contributed by atoms with Crippen molar-refractivity contribution in [2.45, 2.75) is 4.90 Å². The first-order valence-electron chi connectivity index (χ1n) is 4.98. The number of thiazole rings is 1. The van der Waals surface area contributed by atoms with E-state index in [9.17, 15) is 13.2 Å². The summed E-state index contributed by atoms with van der Waals surface area (Å²) in [6.07, 6.45) is 0. The first kappa shape index (κ1) is 13.9. The highest BCUT2D eigenvalue weighted by Gasteiger charge is 2.10. The van der Waals surface area contributed by atoms with Gasteiger partial charge in [0.15, 0.2) is 3.95 Å². The van der Waals surface area contributed by atoms with Crippen molar-refractivity contribution in [1.29, 1.82) is 0 Å². The Kier molecular flexibility index (Phi) is 3.80. The van der Waals surface area contributed by atoms with Crippen LogP contribution in [0.15, 0.2) is 34.5 Å². The number of benzene rings is 1. The molecule has 0 radical (unpaired) electrons. The summed E-state index contributed by atoms with van der Waals surface area (Å²) in [5.74, 6) is -0.351. The van der Waals surface area contributed by atoms with Crippen LogP contribution < -0.4 is 10.5 Å². The Morgan fingerprint density at radius 2 is 1.95 bits per heavy atom. The molecular formula is C10H9N3O3S3. The number of aromatic amines is 1. The predicted molar refractivity (Wildman–Crippen MR) is 75.3 cm³/mol. The van der Waals surface area contributed by atoms with Gasteiger partial charge in [0.25, 0.3) is 5.91 Å². The highest BCUT2D eigenvalue weighted by molar-refractivity contribution is 7.89. The molecule has 1 aromatic heterocycles. The van der Waals surface area contributed by atoms with Gasteiger partial charge in [-0.3, -0.25) is 4.79 Å². The second-order valence-electron chi connectivity index (χ2n) is 3.59. The van der Waals surface area contributed by atoms with E-state index in [0.717, 1.165) is 0 Å². The summed E-state index contributed by atoms with van der Waals surface area (Å²) in [5, 5.41) is 9.18. The van der Waals surface area contributed by atoms with Gasteiger partial charge in [0.1, 0.15) is 5.69 Å². The normalized spacial score (nSPS) is 11.2. The fraction of sp³-hybridized carbons (Fsp3) is 0. The highest BCUT2D eigenvalue weighted by atomic mass is 32.2. The van der Waals surface area contributed by atoms with E-state index in [0.29, 0.717) is 15.3 Å². The Morgan fingerprint density at radius 1 is 1.32 bits per heavy atom. The zero-order valence-corrected chi connectivity index (χ0v) is 11.9. The smallest absolute Gasteiger partial charge is 0.272 e. The number of nitrogens with one attached hydrogen (secondary N) is 2. The number of hydrogen-bond donors (Lipinski definition) is 3. The molecule has 0 aliphatic heterocycles. The fourth-order valence-electron chi connectivity index (χ4n) is 1.32. The SMILES string of the molecule is NS(=O)(=O)c1ccc(NC(=O)c2csc(=S)[nH]2)cc1. The lowest BCUT2D eigenvalue weighted by Crippen LogP contribution is -2.14. The number of primary sulfonamides is 1. The molecule has 1 amide bonds. The molecule has 2 aromatic rings. The first-order valence-corrected chi connectivity index (χ1v) is 7.82. The summed E-state index contributed by atoms with van der Waals surface area (Å²) in [4.78, 5) is 14.5. The molecule has 0 fully saturated rings. The van der Waals surface area contributed by atoms with Gasteiger partial charge < -0.3 is 10.3 Å². The zero-order valence-electron chi connectivity index (χ0n) is 9.41. The Hall–Kier alpha value is -1.55. The van der Waals surface area contributed by atoms with Crippen molar-refractivity contribution in [1.82, 2.24) is 4.98 Å². The van der Waals surface area contributed by atoms with Gasteiger partial charge in [0, 0.05) is 11.1 Å². The average molecular weight is 315 g/mol. The molecule has 0 atom stereocenters. The van der Waals surface area contributed by atoms with Gasteiger partial charge in [0.2, 0.25) is 10.0 Å². The number of hydrogen-bond acceptors (Lipinski definition) is 5. The van der Waals surface area contributed by atoms with Crippen LogP contribution in [0.1, 0.15) is 10.5 Å². The zero-order chi connectivity index (χ0) is 14.0. The van der Waals surface area contributed by atoms with Crippen LogP contribution >= 0.6 is 23.6 Å². The summed E-state index contributed by atoms with van der Waals surface area (Å²) >= 11 is 6.13. The summed E-state index contributed by atoms with van der Waals surface area (Å²) in [7, 11) is -3.73. The number of amides is 1. The molecule has 0 spiro atoms. The van der Waals surface area contributed by atoms with Gasteiger partial charge in [-0.25, -0.2) is 13.6 Å². The topological polar surface area (TPSA) is 105 Å². The van der Waals surface area contributed by atoms with Crippen LogP contribution in [-0.4, -0.2) is 19.3 Å². The van der Waals surface area contributed by atoms with Crippen molar-refractivity contribution in [2.24, 2.45) is 5.14 Å². The van der Waals surface area contributed by atoms with Gasteiger partial charge in [-0.05, 0) is 36.5 Å². The van der Waals surface area contributed by atoms with E-state index < -0.39 is 10.0 Å². The predicted octanol–water partition coefficient (Wildman–Crippen LogP) is 1.71. The summed E-state index contributed by atoms with van der Waals surface area (Å²) in [5.41, 5.74) is 0.813. The number of carbonyl (C=O) groups is 1. The quantitative estimate of drug-likeness (QED) is 0.750. The third-order valence-corrected chi connectivity index (χ3v) is 4.20. The molecule has 0 aliphatic rings. The van der Waals surface area contributed by atoms with Crippen molar-refractivity contribution in [3.63, 3.8) is 0 Å². The van der Waals surface area contributed by atoms with Crippen LogP contribution in [0, 0.1) is 3.95 Å². The molecule has 1 heterocycles. The number of nitrogens with two attached hydrogens (primary N) is 1. The molecular weight excluding hydrogens is 306 g/mol. The van der Waals surface area contributed by atoms with Crippen LogP contribution in [0.4, 0.5) is 5.69 Å². The lowest BCUT2D eigenvalue weighted by molar-refractivity contribution is 0.102. The molecule has 0 unspecified atom stereocenters. The van der Waals surface area contributed by atoms with Gasteiger partial charge >= 0.3 is 0 Å². The maximum Gasteiger partial charge on any atom is 0.272 e. The molecule has 1 aromatic carbocycles. The van der Waals surface area contributed by atoms with Crippen molar-refractivity contribution < 1.29 is 13.2 Å². The van der Waals surface area contributed by atoms with E-state index in [1.807, 2.05) is 0 Å². The van der Waals surface area contributed by atoms with Crippen molar-refractivity contribution >= 4 is 45.2 Å². The minimum Gasteiger partial charge on any atom is -0.333 e. The maximum absolute atomic E-state index is 11.8. The number of H-pyrrole nitrogens is 1. The average Bonchev–Trinajstić information content (AvgIpc) is 2.75. The highest BCUT2D eigenvalue weighted by Crippen LogP contribution is 2.14. The molecule has 100 valence electrons. The monoisotopic (exact) mass is 315 g/mol. The fourth-order valence-corrected chi connectivity index (χ4v) is 2.65. The van der Waals surface area contributed by atoms with Crippen LogP contribution in [0.5, 0.6) is 0 Å². The van der Waals surface area contributed by atoms with Crippen LogP contribution in [-0.2, 0) is 10.0 Å². The third-order valence-electron chi connectivity index (χ3n) is 2.21. The second-order valence-corrected chi connectivity index (χ2v) is 6.69. The minimum atomic E-state index is -3.73. The molecule has 0 aliphatic carbocycles. The third kappa shape index (κ3) is 3.47. The van der Waals surface area contributed by atoms with E-state index in [-0.39, 0.29) is 10.8 Å². The number of sulfonamides is 1. The molecule has 19 heavy (non-hydrogen) atoms. The second kappa shape index (κ2) is 5.21. The Labute approximate surface area is 118 Å². The number of rotatable bonds is 3. The molecule has 2 rings (SSSR count). The molecule has 9 heteroatoms. The first-order chi connectivity index (χ1) is 8.86. The van der Waals surface area contributed by atoms with Gasteiger partial charge in [0.05, 0.1) is 4.90 Å². The van der Waals surface area contributed by atoms with Crippen molar-refractivity contribution in [3.05, 3.63) is 39.3 Å². The lowest BCUT2D eigenvalue weighted by atomic mass is 10.3. The van der Waals surface area contributed by atoms with Crippen LogP contribution in [0.2, 0.25) is 0 Å². The van der Waals surface area contributed by atoms with Crippen molar-refractivity contribution in [2.75, 3.05) is 5.32 Å². The molecule has 4 N–H and O–H groups in total. The summed E-state index contributed by atoms with van der Waals surface area (Å²) < 4.78 is 22.6. The number of anilines is 1. The summed E-state index contributed by atoms with van der Waals surface area (Å²) in [6.45, 7) is 0. The number of carbonyl (C=O) groups excluding carboxylic acids is 1. The molecule has 0 saturated carbocycles. The van der Waals surface area contributed by atoms with E-state index in [4.69, 9.17) is 17.4 Å². The Balaban J connectivity index is 2.16. The van der Waals surface area contributed by atoms with E-state index in [2.05, 4.69) is 10.3 Å². The summed E-state index contributed by atoms with van der Waals surface area (Å²) in [6, 6.07) is 5.55. The Bertz CT molecular complexity index is 759. The standard InChI is InChI=1S/C10H9N3O3S3/c11-19(15,16)7-3-1-6(2-4-7)12-9(14)8-5-18-10(17)13-8/h1-5H,(H,12,14)(H,13,17)(H2,11,15,16). The molecule has 0 saturated heterocycles. The minimum absolute atomic E-state index is 0.0135. The van der Waals surface area contributed by atoms with Crippen LogP contribution in [0.3, 0.4) is 0 Å². The van der Waals surface area contributed by atoms with Gasteiger partial charge in [-0.2, -0.15) is 0 Å². The van der Waals surface area contributed by atoms with Crippen LogP contribution in [0.25, 0.3) is 0 Å². The van der Waals surface area contributed by atoms with E-state index in [1.165, 1.54) is 35.6 Å². The van der Waals surface area contributed by atoms with Gasteiger partial charge in [-0.15, -0.1) is 11.3 Å². The molecule has 6 nitrogen and oxygen atoms in total. The number of aromatic nitrogens is 1. The van der Waals surface area contributed by atoms with Gasteiger partial charge in [-0.1, -0.05) is 0 Å². The maximum atomic E-state index is 11.8. The Morgan fingerprint density at radius 3 is 2.42 bits per heavy atom. The largest absolute Gasteiger partial charge is 0.333 e. The van der Waals surface area contributed by atoms with E-state index >= 15 is 0 Å². The van der Waals surface area contributed by atoms with Crippen molar-refractivity contribution in [3.8, 4) is 0 Å². The lowest BCUT2D eigenvalue weighted by Gasteiger charge is -2.04. The molecule has 0 bridgehead atoms.